The zero-order valence-corrected chi connectivity index (χ0v) is 20.2. The first kappa shape index (κ1) is 24.2. The van der Waals surface area contributed by atoms with Gasteiger partial charge in [-0.3, -0.25) is 9.69 Å². The second kappa shape index (κ2) is 10.6. The van der Waals surface area contributed by atoms with Crippen LogP contribution in [0.1, 0.15) is 16.9 Å². The monoisotopic (exact) mass is 513 g/mol. The van der Waals surface area contributed by atoms with Crippen molar-refractivity contribution in [1.29, 1.82) is 0 Å². The van der Waals surface area contributed by atoms with Crippen LogP contribution in [0.2, 0.25) is 5.02 Å². The van der Waals surface area contributed by atoms with Crippen molar-refractivity contribution in [1.82, 2.24) is 4.90 Å². The summed E-state index contributed by atoms with van der Waals surface area (Å²) < 4.78 is 15.7. The number of rotatable bonds is 7. The van der Waals surface area contributed by atoms with Crippen LogP contribution in [0.5, 0.6) is 23.0 Å². The Morgan fingerprint density at radius 2 is 1.89 bits per heavy atom. The molecule has 35 heavy (non-hydrogen) atoms. The lowest BCUT2D eigenvalue weighted by atomic mass is 10.2. The van der Waals surface area contributed by atoms with Crippen LogP contribution in [-0.4, -0.2) is 46.6 Å². The molecule has 0 atom stereocenters. The molecule has 0 spiro atoms. The number of phenols is 2. The second-order valence-electron chi connectivity index (χ2n) is 7.19. The Bertz CT molecular complexity index is 1310. The Morgan fingerprint density at radius 3 is 2.54 bits per heavy atom. The summed E-state index contributed by atoms with van der Waals surface area (Å²) in [6.07, 6.45) is 4.51. The van der Waals surface area contributed by atoms with E-state index in [4.69, 9.17) is 25.5 Å². The summed E-state index contributed by atoms with van der Waals surface area (Å²) in [6.45, 7) is 0.146. The summed E-state index contributed by atoms with van der Waals surface area (Å²) >= 11 is 7.14. The van der Waals surface area contributed by atoms with Gasteiger partial charge in [0.25, 0.3) is 5.91 Å². The molecule has 2 aromatic carbocycles. The smallest absolute Gasteiger partial charge is 0.267 e. The molecule has 1 saturated heterocycles. The lowest BCUT2D eigenvalue weighted by molar-refractivity contribution is -0.122. The van der Waals surface area contributed by atoms with Gasteiger partial charge in [0.05, 0.1) is 38.1 Å². The van der Waals surface area contributed by atoms with Crippen LogP contribution in [0.3, 0.4) is 0 Å². The van der Waals surface area contributed by atoms with E-state index in [0.717, 1.165) is 11.8 Å². The third kappa shape index (κ3) is 5.44. The number of carbonyl (C=O) groups is 1. The summed E-state index contributed by atoms with van der Waals surface area (Å²) in [5.41, 5.74) is 0.965. The molecule has 0 radical (unpaired) electrons. The van der Waals surface area contributed by atoms with E-state index < -0.39 is 0 Å². The molecule has 1 aliphatic heterocycles. The first-order valence-corrected chi connectivity index (χ1v) is 11.4. The van der Waals surface area contributed by atoms with Gasteiger partial charge < -0.3 is 24.1 Å². The molecule has 9 nitrogen and oxygen atoms in total. The minimum Gasteiger partial charge on any atom is -0.507 e. The van der Waals surface area contributed by atoms with Gasteiger partial charge in [-0.2, -0.15) is 5.10 Å². The average Bonchev–Trinajstić information content (AvgIpc) is 3.46. The molecule has 4 rings (SSSR count). The molecule has 0 aliphatic carbocycles. The summed E-state index contributed by atoms with van der Waals surface area (Å²) in [4.78, 5) is 14.9. The van der Waals surface area contributed by atoms with E-state index in [1.165, 1.54) is 37.7 Å². The molecule has 2 N–H and O–H groups in total. The maximum absolute atomic E-state index is 13.2. The Kier molecular flexibility index (Phi) is 7.33. The molecule has 0 unspecified atom stereocenters. The predicted molar refractivity (Wildman–Crippen MR) is 134 cm³/mol. The van der Waals surface area contributed by atoms with Gasteiger partial charge in [-0.1, -0.05) is 11.6 Å². The van der Waals surface area contributed by atoms with Gasteiger partial charge in [0.2, 0.25) is 5.75 Å². The molecule has 11 heteroatoms. The molecular formula is C24H20ClN3O6S. The molecule has 1 aromatic heterocycles. The predicted octanol–water partition coefficient (Wildman–Crippen LogP) is 4.87. The number of phenolic OH excluding ortho intramolecular Hbond substituents is 2. The highest BCUT2D eigenvalue weighted by Gasteiger charge is 2.34. The molecule has 0 saturated carbocycles. The average molecular weight is 514 g/mol. The summed E-state index contributed by atoms with van der Waals surface area (Å²) in [7, 11) is 2.85. The number of ether oxygens (including phenoxy) is 2. The number of aromatic hydroxyl groups is 2. The van der Waals surface area contributed by atoms with Gasteiger partial charge >= 0.3 is 0 Å². The molecule has 1 aliphatic rings. The number of amidine groups is 1. The first-order chi connectivity index (χ1) is 16.9. The van der Waals surface area contributed by atoms with Crippen molar-refractivity contribution in [2.24, 2.45) is 10.2 Å². The van der Waals surface area contributed by atoms with E-state index in [2.05, 4.69) is 10.2 Å². The SMILES string of the molecule is COc1cc(/C=N/N=C2\S/C(=C\c3cc(Cl)ccc3O)C(=O)N2Cc2ccco2)cc(OC)c1O. The van der Waals surface area contributed by atoms with Gasteiger partial charge in [0, 0.05) is 16.1 Å². The number of thioether (sulfide) groups is 1. The van der Waals surface area contributed by atoms with Crippen LogP contribution < -0.4 is 9.47 Å². The van der Waals surface area contributed by atoms with Crippen molar-refractivity contribution in [3.63, 3.8) is 0 Å². The van der Waals surface area contributed by atoms with Crippen molar-refractivity contribution in [2.45, 2.75) is 6.54 Å². The number of furan rings is 1. The highest BCUT2D eigenvalue weighted by Crippen LogP contribution is 2.37. The standard InChI is InChI=1S/C24H20ClN3O6S/c1-32-19-8-14(9-20(33-2)22(19)30)12-26-27-24-28(13-17-4-3-7-34-17)23(31)21(35-24)11-15-10-16(25)5-6-18(15)29/h3-12,29-30H,13H2,1-2H3/b21-11-,26-12+,27-24-. The fraction of sp³-hybridized carbons (Fsp3) is 0.125. The maximum atomic E-state index is 13.2. The highest BCUT2D eigenvalue weighted by atomic mass is 35.5. The van der Waals surface area contributed by atoms with E-state index in [-0.39, 0.29) is 35.4 Å². The number of halogens is 1. The van der Waals surface area contributed by atoms with Crippen molar-refractivity contribution in [3.05, 3.63) is 75.5 Å². The lowest BCUT2D eigenvalue weighted by Crippen LogP contribution is -2.28. The largest absolute Gasteiger partial charge is 0.507 e. The van der Waals surface area contributed by atoms with Crippen LogP contribution in [-0.2, 0) is 11.3 Å². The third-order valence-corrected chi connectivity index (χ3v) is 6.14. The molecular weight excluding hydrogens is 494 g/mol. The van der Waals surface area contributed by atoms with Crippen molar-refractivity contribution in [3.8, 4) is 23.0 Å². The first-order valence-electron chi connectivity index (χ1n) is 10.2. The molecule has 180 valence electrons. The minimum atomic E-state index is -0.326. The van der Waals surface area contributed by atoms with Crippen LogP contribution in [0.25, 0.3) is 6.08 Å². The fourth-order valence-electron chi connectivity index (χ4n) is 3.20. The Balaban J connectivity index is 1.66. The van der Waals surface area contributed by atoms with Crippen LogP contribution in [0.15, 0.2) is 68.3 Å². The van der Waals surface area contributed by atoms with Crippen molar-refractivity contribution < 1.29 is 28.9 Å². The molecule has 1 fully saturated rings. The number of benzene rings is 2. The number of hydrogen-bond donors (Lipinski definition) is 2. The van der Waals surface area contributed by atoms with E-state index in [1.807, 2.05) is 0 Å². The number of amides is 1. The van der Waals surface area contributed by atoms with Crippen molar-refractivity contribution >= 4 is 46.7 Å². The van der Waals surface area contributed by atoms with E-state index in [1.54, 1.807) is 42.5 Å². The van der Waals surface area contributed by atoms with Crippen molar-refractivity contribution in [2.75, 3.05) is 14.2 Å². The zero-order valence-electron chi connectivity index (χ0n) is 18.6. The Hall–Kier alpha value is -3.89. The zero-order chi connectivity index (χ0) is 24.9. The normalized spacial score (nSPS) is 16.1. The summed E-state index contributed by atoms with van der Waals surface area (Å²) in [5, 5.41) is 29.3. The number of hydrogen-bond acceptors (Lipinski definition) is 9. The Morgan fingerprint density at radius 1 is 1.14 bits per heavy atom. The number of carbonyl (C=O) groups excluding carboxylic acids is 1. The maximum Gasteiger partial charge on any atom is 0.267 e. The summed E-state index contributed by atoms with van der Waals surface area (Å²) in [6, 6.07) is 11.2. The van der Waals surface area contributed by atoms with Crippen LogP contribution in [0, 0.1) is 0 Å². The number of methoxy groups -OCH3 is 2. The van der Waals surface area contributed by atoms with Crippen LogP contribution >= 0.6 is 23.4 Å². The minimum absolute atomic E-state index is 0.00785. The van der Waals surface area contributed by atoms with Gasteiger partial charge in [-0.25, -0.2) is 0 Å². The van der Waals surface area contributed by atoms with Gasteiger partial charge in [-0.15, -0.1) is 5.10 Å². The topological polar surface area (TPSA) is 117 Å². The van der Waals surface area contributed by atoms with E-state index in [0.29, 0.717) is 32.0 Å². The molecule has 0 bridgehead atoms. The lowest BCUT2D eigenvalue weighted by Gasteiger charge is -2.12. The summed E-state index contributed by atoms with van der Waals surface area (Å²) in [5.74, 6) is 0.540. The van der Waals surface area contributed by atoms with Gasteiger partial charge in [0.1, 0.15) is 11.5 Å². The molecule has 2 heterocycles. The third-order valence-electron chi connectivity index (χ3n) is 4.91. The van der Waals surface area contributed by atoms with E-state index in [9.17, 15) is 15.0 Å². The quantitative estimate of drug-likeness (QED) is 0.263. The molecule has 1 amide bonds. The van der Waals surface area contributed by atoms with Gasteiger partial charge in [-0.05, 0) is 60.3 Å². The van der Waals surface area contributed by atoms with Crippen LogP contribution in [0.4, 0.5) is 0 Å². The fourth-order valence-corrected chi connectivity index (χ4v) is 4.30. The Labute approximate surface area is 209 Å². The molecule has 3 aromatic rings. The van der Waals surface area contributed by atoms with E-state index >= 15 is 0 Å². The number of nitrogens with zero attached hydrogens (tertiary/aromatic N) is 3. The highest BCUT2D eigenvalue weighted by molar-refractivity contribution is 8.18. The van der Waals surface area contributed by atoms with Gasteiger partial charge in [0.15, 0.2) is 16.7 Å². The second-order valence-corrected chi connectivity index (χ2v) is 8.63.